The van der Waals surface area contributed by atoms with E-state index >= 15 is 0 Å². The molecule has 1 aliphatic carbocycles. The van der Waals surface area contributed by atoms with E-state index in [2.05, 4.69) is 62.6 Å². The zero-order valence-corrected chi connectivity index (χ0v) is 20.2. The lowest BCUT2D eigenvalue weighted by atomic mass is 10.1. The predicted octanol–water partition coefficient (Wildman–Crippen LogP) is 6.85. The third kappa shape index (κ3) is 3.92. The van der Waals surface area contributed by atoms with Crippen molar-refractivity contribution in [2.45, 2.75) is 38.0 Å². The normalized spacial score (nSPS) is 15.9. The average molecular weight is 473 g/mol. The van der Waals surface area contributed by atoms with Crippen LogP contribution in [-0.2, 0) is 0 Å². The molecule has 0 radical (unpaired) electrons. The molecule has 1 N–H and O–H groups in total. The molecule has 6 heteroatoms. The maximum Gasteiger partial charge on any atom is 0.162 e. The van der Waals surface area contributed by atoms with Gasteiger partial charge in [0.15, 0.2) is 5.82 Å². The molecular weight excluding hydrogens is 444 g/mol. The summed E-state index contributed by atoms with van der Waals surface area (Å²) in [5.74, 6) is 3.16. The molecule has 1 saturated carbocycles. The SMILES string of the molecule is c1ccc2c(Nc3cc(-c4nc(N5CCCCC5)c5c(C6CC6)cncc5n4)ccn3)cccc2c1. The molecule has 1 aliphatic heterocycles. The first-order valence-corrected chi connectivity index (χ1v) is 13.0. The predicted molar refractivity (Wildman–Crippen MR) is 146 cm³/mol. The highest BCUT2D eigenvalue weighted by Gasteiger charge is 2.29. The quantitative estimate of drug-likeness (QED) is 0.302. The Morgan fingerprint density at radius 1 is 0.861 bits per heavy atom. The number of piperidine rings is 1. The van der Waals surface area contributed by atoms with Crippen molar-refractivity contribution in [2.24, 2.45) is 0 Å². The Morgan fingerprint density at radius 3 is 2.61 bits per heavy atom. The average Bonchev–Trinajstić information content (AvgIpc) is 3.79. The summed E-state index contributed by atoms with van der Waals surface area (Å²) in [4.78, 5) is 21.8. The van der Waals surface area contributed by atoms with E-state index in [0.717, 1.165) is 47.3 Å². The molecule has 0 spiro atoms. The largest absolute Gasteiger partial charge is 0.356 e. The second-order valence-electron chi connectivity index (χ2n) is 9.90. The van der Waals surface area contributed by atoms with E-state index in [1.807, 2.05) is 30.7 Å². The van der Waals surface area contributed by atoms with Crippen molar-refractivity contribution in [1.82, 2.24) is 19.9 Å². The fourth-order valence-corrected chi connectivity index (χ4v) is 5.37. The summed E-state index contributed by atoms with van der Waals surface area (Å²) < 4.78 is 0. The fourth-order valence-electron chi connectivity index (χ4n) is 5.37. The van der Waals surface area contributed by atoms with E-state index in [9.17, 15) is 0 Å². The van der Waals surface area contributed by atoms with E-state index in [1.54, 1.807) is 0 Å². The Bertz CT molecular complexity index is 1560. The molecule has 1 saturated heterocycles. The topological polar surface area (TPSA) is 66.8 Å². The van der Waals surface area contributed by atoms with Crippen molar-refractivity contribution in [3.8, 4) is 11.4 Å². The highest BCUT2D eigenvalue weighted by atomic mass is 15.2. The van der Waals surface area contributed by atoms with E-state index in [4.69, 9.17) is 9.97 Å². The molecule has 0 amide bonds. The lowest BCUT2D eigenvalue weighted by Crippen LogP contribution is -2.30. The van der Waals surface area contributed by atoms with Gasteiger partial charge in [-0.2, -0.15) is 0 Å². The number of anilines is 3. The number of aromatic nitrogens is 4. The van der Waals surface area contributed by atoms with Crippen LogP contribution in [0.1, 0.15) is 43.6 Å². The number of hydrogen-bond acceptors (Lipinski definition) is 6. The van der Waals surface area contributed by atoms with Crippen molar-refractivity contribution in [3.63, 3.8) is 0 Å². The minimum atomic E-state index is 0.594. The molecule has 2 aromatic carbocycles. The van der Waals surface area contributed by atoms with Gasteiger partial charge in [0.05, 0.1) is 11.7 Å². The Hall–Kier alpha value is -4.06. The smallest absolute Gasteiger partial charge is 0.162 e. The zero-order chi connectivity index (χ0) is 23.9. The molecule has 6 nitrogen and oxygen atoms in total. The molecule has 5 aromatic rings. The van der Waals surface area contributed by atoms with Crippen LogP contribution < -0.4 is 10.2 Å². The number of rotatable bonds is 5. The highest BCUT2D eigenvalue weighted by molar-refractivity contribution is 5.96. The first-order chi connectivity index (χ1) is 17.8. The van der Waals surface area contributed by atoms with Crippen molar-refractivity contribution in [1.29, 1.82) is 0 Å². The molecule has 2 aliphatic rings. The van der Waals surface area contributed by atoms with Crippen LogP contribution >= 0.6 is 0 Å². The minimum absolute atomic E-state index is 0.594. The van der Waals surface area contributed by atoms with Crippen LogP contribution in [0.4, 0.5) is 17.3 Å². The summed E-state index contributed by atoms with van der Waals surface area (Å²) in [6, 6.07) is 18.7. The Labute approximate surface area is 210 Å². The van der Waals surface area contributed by atoms with E-state index in [1.165, 1.54) is 53.8 Å². The van der Waals surface area contributed by atoms with Gasteiger partial charge in [-0.25, -0.2) is 15.0 Å². The van der Waals surface area contributed by atoms with Crippen LogP contribution in [0.5, 0.6) is 0 Å². The van der Waals surface area contributed by atoms with Gasteiger partial charge in [-0.3, -0.25) is 4.98 Å². The van der Waals surface area contributed by atoms with E-state index in [0.29, 0.717) is 5.92 Å². The highest BCUT2D eigenvalue weighted by Crippen LogP contribution is 2.45. The van der Waals surface area contributed by atoms with Gasteiger partial charge in [-0.1, -0.05) is 36.4 Å². The van der Waals surface area contributed by atoms with Crippen LogP contribution in [-0.4, -0.2) is 33.0 Å². The van der Waals surface area contributed by atoms with Crippen LogP contribution in [0.3, 0.4) is 0 Å². The Morgan fingerprint density at radius 2 is 1.72 bits per heavy atom. The molecule has 0 bridgehead atoms. The van der Waals surface area contributed by atoms with Gasteiger partial charge in [0.1, 0.15) is 11.6 Å². The number of benzene rings is 2. The van der Waals surface area contributed by atoms with Crippen molar-refractivity contribution < 1.29 is 0 Å². The van der Waals surface area contributed by atoms with Crippen LogP contribution in [0.15, 0.2) is 73.2 Å². The van der Waals surface area contributed by atoms with Crippen molar-refractivity contribution in [2.75, 3.05) is 23.3 Å². The van der Waals surface area contributed by atoms with E-state index in [-0.39, 0.29) is 0 Å². The summed E-state index contributed by atoms with van der Waals surface area (Å²) in [7, 11) is 0. The van der Waals surface area contributed by atoms with Crippen molar-refractivity contribution in [3.05, 3.63) is 78.8 Å². The number of pyridine rings is 2. The molecule has 0 atom stereocenters. The molecule has 7 rings (SSSR count). The first kappa shape index (κ1) is 21.2. The Balaban J connectivity index is 1.31. The second-order valence-corrected chi connectivity index (χ2v) is 9.90. The molecule has 4 heterocycles. The zero-order valence-electron chi connectivity index (χ0n) is 20.2. The van der Waals surface area contributed by atoms with E-state index < -0.39 is 0 Å². The second kappa shape index (κ2) is 8.86. The van der Waals surface area contributed by atoms with Gasteiger partial charge in [0, 0.05) is 47.5 Å². The van der Waals surface area contributed by atoms with Crippen LogP contribution in [0, 0.1) is 0 Å². The fraction of sp³-hybridized carbons (Fsp3) is 0.267. The summed E-state index contributed by atoms with van der Waals surface area (Å²) in [6.45, 7) is 2.09. The summed E-state index contributed by atoms with van der Waals surface area (Å²) in [5, 5.41) is 7.07. The minimum Gasteiger partial charge on any atom is -0.356 e. The van der Waals surface area contributed by atoms with Gasteiger partial charge in [-0.15, -0.1) is 0 Å². The van der Waals surface area contributed by atoms with Gasteiger partial charge in [0.25, 0.3) is 0 Å². The lowest BCUT2D eigenvalue weighted by molar-refractivity contribution is 0.574. The molecule has 3 aromatic heterocycles. The van der Waals surface area contributed by atoms with Gasteiger partial charge >= 0.3 is 0 Å². The third-order valence-corrected chi connectivity index (χ3v) is 7.36. The van der Waals surface area contributed by atoms with Gasteiger partial charge in [0.2, 0.25) is 0 Å². The molecule has 2 fully saturated rings. The number of hydrogen-bond donors (Lipinski definition) is 1. The number of nitrogens with one attached hydrogen (secondary N) is 1. The summed E-state index contributed by atoms with van der Waals surface area (Å²) >= 11 is 0. The third-order valence-electron chi connectivity index (χ3n) is 7.36. The lowest BCUT2D eigenvalue weighted by Gasteiger charge is -2.29. The molecular formula is C30H28N6. The monoisotopic (exact) mass is 472 g/mol. The summed E-state index contributed by atoms with van der Waals surface area (Å²) in [5.41, 5.74) is 4.23. The maximum absolute atomic E-state index is 5.20. The van der Waals surface area contributed by atoms with Crippen LogP contribution in [0.25, 0.3) is 33.1 Å². The van der Waals surface area contributed by atoms with Crippen molar-refractivity contribution >= 4 is 39.0 Å². The number of fused-ring (bicyclic) bond motifs is 2. The number of nitrogens with zero attached hydrogens (tertiary/aromatic N) is 5. The molecule has 0 unspecified atom stereocenters. The molecule has 178 valence electrons. The standard InChI is InChI=1S/C30H28N6/c1-4-15-36(16-5-1)30-28-24(21-11-12-21)18-31-19-26(28)34-29(35-30)22-13-14-32-27(17-22)33-25-10-6-8-20-7-2-3-9-23(20)25/h2-3,6-10,13-14,17-19,21H,1,4-5,11-12,15-16H2,(H,32,33). The first-order valence-electron chi connectivity index (χ1n) is 13.0. The Kier molecular flexibility index (Phi) is 5.23. The van der Waals surface area contributed by atoms with Gasteiger partial charge in [-0.05, 0) is 67.2 Å². The summed E-state index contributed by atoms with van der Waals surface area (Å²) in [6.07, 6.45) is 11.9. The van der Waals surface area contributed by atoms with Gasteiger partial charge < -0.3 is 10.2 Å². The molecule has 36 heavy (non-hydrogen) atoms. The maximum atomic E-state index is 5.20. The van der Waals surface area contributed by atoms with Crippen LogP contribution in [0.2, 0.25) is 0 Å².